The Kier molecular flexibility index (Phi) is 5.42. The molecule has 5 heteroatoms. The van der Waals surface area contributed by atoms with Crippen LogP contribution in [-0.2, 0) is 6.42 Å². The summed E-state index contributed by atoms with van der Waals surface area (Å²) in [7, 11) is 0. The summed E-state index contributed by atoms with van der Waals surface area (Å²) in [5.41, 5.74) is 0.659. The maximum absolute atomic E-state index is 13.8. The van der Waals surface area contributed by atoms with Crippen LogP contribution in [0.4, 0.5) is 13.2 Å². The topological polar surface area (TPSA) is 12.0 Å². The van der Waals surface area contributed by atoms with Crippen molar-refractivity contribution < 1.29 is 13.2 Å². The molecule has 0 fully saturated rings. The highest BCUT2D eigenvalue weighted by Gasteiger charge is 2.17. The highest BCUT2D eigenvalue weighted by molar-refractivity contribution is 9.10. The largest absolute Gasteiger partial charge is 0.310 e. The zero-order chi connectivity index (χ0) is 15.4. The molecule has 0 aromatic heterocycles. The van der Waals surface area contributed by atoms with Crippen molar-refractivity contribution in [1.29, 1.82) is 0 Å². The third-order valence-corrected chi connectivity index (χ3v) is 3.91. The molecule has 0 heterocycles. The molecule has 0 spiro atoms. The van der Waals surface area contributed by atoms with Crippen LogP contribution in [-0.4, -0.2) is 6.54 Å². The molecule has 0 radical (unpaired) electrons. The minimum atomic E-state index is -0.588. The van der Waals surface area contributed by atoms with Gasteiger partial charge < -0.3 is 5.32 Å². The summed E-state index contributed by atoms with van der Waals surface area (Å²) in [5, 5.41) is 3.13. The molecule has 2 aromatic carbocycles. The van der Waals surface area contributed by atoms with Gasteiger partial charge in [-0.15, -0.1) is 0 Å². The number of hydrogen-bond donors (Lipinski definition) is 1. The van der Waals surface area contributed by atoms with Gasteiger partial charge in [0.25, 0.3) is 0 Å². The average molecular weight is 358 g/mol. The van der Waals surface area contributed by atoms with Crippen LogP contribution in [0.15, 0.2) is 40.9 Å². The Morgan fingerprint density at radius 3 is 2.29 bits per heavy atom. The van der Waals surface area contributed by atoms with E-state index in [-0.39, 0.29) is 18.0 Å². The van der Waals surface area contributed by atoms with E-state index >= 15 is 0 Å². The molecule has 112 valence electrons. The molecular formula is C16H15BrF3N. The third kappa shape index (κ3) is 3.86. The number of benzene rings is 2. The normalized spacial score (nSPS) is 12.4. The molecule has 2 aromatic rings. The summed E-state index contributed by atoms with van der Waals surface area (Å²) in [6.07, 6.45) is 0.118. The Labute approximate surface area is 130 Å². The molecule has 1 N–H and O–H groups in total. The van der Waals surface area contributed by atoms with E-state index in [4.69, 9.17) is 0 Å². The highest BCUT2D eigenvalue weighted by Crippen LogP contribution is 2.25. The van der Waals surface area contributed by atoms with Crippen LogP contribution in [0, 0.1) is 17.5 Å². The molecule has 0 amide bonds. The lowest BCUT2D eigenvalue weighted by atomic mass is 9.98. The minimum absolute atomic E-state index is 0.00627. The summed E-state index contributed by atoms with van der Waals surface area (Å²) in [6.45, 7) is 2.50. The third-order valence-electron chi connectivity index (χ3n) is 3.27. The number of rotatable bonds is 5. The predicted molar refractivity (Wildman–Crippen MR) is 80.6 cm³/mol. The second-order valence-electron chi connectivity index (χ2n) is 4.69. The fraction of sp³-hybridized carbons (Fsp3) is 0.250. The second-order valence-corrected chi connectivity index (χ2v) is 5.54. The predicted octanol–water partition coefficient (Wildman–Crippen LogP) is 4.76. The first kappa shape index (κ1) is 16.0. The number of halogens is 4. The van der Waals surface area contributed by atoms with Gasteiger partial charge >= 0.3 is 0 Å². The summed E-state index contributed by atoms with van der Waals surface area (Å²) in [5.74, 6) is -1.57. The van der Waals surface area contributed by atoms with Gasteiger partial charge in [-0.3, -0.25) is 0 Å². The molecule has 1 atom stereocenters. The van der Waals surface area contributed by atoms with Crippen LogP contribution < -0.4 is 5.32 Å². The van der Waals surface area contributed by atoms with Gasteiger partial charge in [0.15, 0.2) is 0 Å². The van der Waals surface area contributed by atoms with E-state index in [1.807, 2.05) is 6.92 Å². The van der Waals surface area contributed by atoms with Gasteiger partial charge in [0.2, 0.25) is 0 Å². The van der Waals surface area contributed by atoms with Crippen LogP contribution in [0.1, 0.15) is 24.1 Å². The number of nitrogens with one attached hydrogen (secondary N) is 1. The van der Waals surface area contributed by atoms with Crippen LogP contribution in [0.5, 0.6) is 0 Å². The zero-order valence-corrected chi connectivity index (χ0v) is 13.1. The van der Waals surface area contributed by atoms with Gasteiger partial charge in [0, 0.05) is 11.6 Å². The minimum Gasteiger partial charge on any atom is -0.310 e. The summed E-state index contributed by atoms with van der Waals surface area (Å²) in [6, 6.07) is 8.12. The number of likely N-dealkylation sites (N-methyl/N-ethyl adjacent to an activating group) is 1. The SMILES string of the molecule is CCNC(Cc1c(F)cccc1F)c1ccc(Br)c(F)c1. The Morgan fingerprint density at radius 1 is 1.05 bits per heavy atom. The molecule has 21 heavy (non-hydrogen) atoms. The van der Waals surface area contributed by atoms with E-state index in [9.17, 15) is 13.2 Å². The molecule has 0 saturated heterocycles. The van der Waals surface area contributed by atoms with Gasteiger partial charge in [-0.05, 0) is 58.7 Å². The van der Waals surface area contributed by atoms with Crippen molar-refractivity contribution >= 4 is 15.9 Å². The zero-order valence-electron chi connectivity index (χ0n) is 11.5. The molecule has 1 nitrogen and oxygen atoms in total. The van der Waals surface area contributed by atoms with Crippen molar-refractivity contribution in [2.75, 3.05) is 6.54 Å². The van der Waals surface area contributed by atoms with Crippen molar-refractivity contribution in [2.24, 2.45) is 0 Å². The first-order valence-corrected chi connectivity index (χ1v) is 7.43. The van der Waals surface area contributed by atoms with Gasteiger partial charge in [0.05, 0.1) is 4.47 Å². The van der Waals surface area contributed by atoms with E-state index in [0.29, 0.717) is 16.6 Å². The fourth-order valence-corrected chi connectivity index (χ4v) is 2.46. The van der Waals surface area contributed by atoms with E-state index in [0.717, 1.165) is 0 Å². The lowest BCUT2D eigenvalue weighted by Crippen LogP contribution is -2.24. The van der Waals surface area contributed by atoms with Gasteiger partial charge in [-0.25, -0.2) is 13.2 Å². The second kappa shape index (κ2) is 7.09. The Balaban J connectivity index is 2.33. The monoisotopic (exact) mass is 357 g/mol. The maximum Gasteiger partial charge on any atom is 0.137 e. The van der Waals surface area contributed by atoms with E-state index < -0.39 is 17.5 Å². The molecule has 2 rings (SSSR count). The van der Waals surface area contributed by atoms with Gasteiger partial charge in [-0.1, -0.05) is 19.1 Å². The van der Waals surface area contributed by atoms with E-state index in [2.05, 4.69) is 21.2 Å². The molecule has 0 aliphatic heterocycles. The van der Waals surface area contributed by atoms with Crippen molar-refractivity contribution in [2.45, 2.75) is 19.4 Å². The van der Waals surface area contributed by atoms with E-state index in [1.165, 1.54) is 24.3 Å². The fourth-order valence-electron chi connectivity index (χ4n) is 2.21. The quantitative estimate of drug-likeness (QED) is 0.813. The smallest absolute Gasteiger partial charge is 0.137 e. The van der Waals surface area contributed by atoms with Crippen LogP contribution >= 0.6 is 15.9 Å². The molecular weight excluding hydrogens is 343 g/mol. The Morgan fingerprint density at radius 2 is 1.71 bits per heavy atom. The van der Waals surface area contributed by atoms with Crippen LogP contribution in [0.25, 0.3) is 0 Å². The van der Waals surface area contributed by atoms with Crippen molar-refractivity contribution in [3.05, 3.63) is 69.4 Å². The molecule has 0 saturated carbocycles. The summed E-state index contributed by atoms with van der Waals surface area (Å²) >= 11 is 3.09. The Hall–Kier alpha value is -1.33. The number of hydrogen-bond acceptors (Lipinski definition) is 1. The molecule has 1 unspecified atom stereocenters. The van der Waals surface area contributed by atoms with Crippen LogP contribution in [0.3, 0.4) is 0 Å². The molecule has 0 aliphatic rings. The first-order chi connectivity index (χ1) is 10.0. The lowest BCUT2D eigenvalue weighted by Gasteiger charge is -2.19. The van der Waals surface area contributed by atoms with Crippen molar-refractivity contribution in [1.82, 2.24) is 5.32 Å². The molecule has 0 bridgehead atoms. The van der Waals surface area contributed by atoms with Crippen LogP contribution in [0.2, 0.25) is 0 Å². The highest BCUT2D eigenvalue weighted by atomic mass is 79.9. The van der Waals surface area contributed by atoms with Gasteiger partial charge in [-0.2, -0.15) is 0 Å². The Bertz CT molecular complexity index is 611. The first-order valence-electron chi connectivity index (χ1n) is 6.64. The molecule has 0 aliphatic carbocycles. The van der Waals surface area contributed by atoms with Crippen molar-refractivity contribution in [3.8, 4) is 0 Å². The summed E-state index contributed by atoms with van der Waals surface area (Å²) in [4.78, 5) is 0. The van der Waals surface area contributed by atoms with E-state index in [1.54, 1.807) is 12.1 Å². The van der Waals surface area contributed by atoms with Gasteiger partial charge in [0.1, 0.15) is 17.5 Å². The lowest BCUT2D eigenvalue weighted by molar-refractivity contribution is 0.497. The van der Waals surface area contributed by atoms with Crippen molar-refractivity contribution in [3.63, 3.8) is 0 Å². The standard InChI is InChI=1S/C16H15BrF3N/c1-2-21-16(10-6-7-12(17)15(20)8-10)9-11-13(18)4-3-5-14(11)19/h3-8,16,21H,2,9H2,1H3. The average Bonchev–Trinajstić information content (AvgIpc) is 2.45. The summed E-state index contributed by atoms with van der Waals surface area (Å²) < 4.78 is 41.5. The maximum atomic E-state index is 13.8.